The van der Waals surface area contributed by atoms with Crippen LogP contribution in [0.5, 0.6) is 0 Å². The summed E-state index contributed by atoms with van der Waals surface area (Å²) in [6, 6.07) is 1.56. The van der Waals surface area contributed by atoms with Crippen LogP contribution in [0.3, 0.4) is 0 Å². The quantitative estimate of drug-likeness (QED) is 0.733. The van der Waals surface area contributed by atoms with Crippen LogP contribution in [0, 0.1) is 0 Å². The molecule has 3 heterocycles. The van der Waals surface area contributed by atoms with Gasteiger partial charge in [-0.3, -0.25) is 4.98 Å². The summed E-state index contributed by atoms with van der Waals surface area (Å²) in [5.74, 6) is -2.29. The molecule has 0 amide bonds. The molecule has 0 saturated carbocycles. The third kappa shape index (κ3) is 1.78. The van der Waals surface area contributed by atoms with E-state index in [2.05, 4.69) is 15.0 Å². The van der Waals surface area contributed by atoms with Crippen LogP contribution in [0.2, 0.25) is 5.15 Å². The molecule has 2 aromatic heterocycles. The first-order valence-corrected chi connectivity index (χ1v) is 5.33. The number of aromatic nitrogens is 3. The van der Waals surface area contributed by atoms with Gasteiger partial charge in [0.15, 0.2) is 5.82 Å². The van der Waals surface area contributed by atoms with E-state index in [0.29, 0.717) is 16.9 Å². The SMILES string of the molecule is FC1(F)CN(c2nc(Cl)cc3nccnc23)C1. The Morgan fingerprint density at radius 2 is 1.94 bits per heavy atom. The standard InChI is InChI=1S/C10H7ClF2N4/c11-7-3-6-8(15-2-1-14-6)9(16-7)17-4-10(12,13)5-17/h1-3H,4-5H2. The van der Waals surface area contributed by atoms with E-state index < -0.39 is 5.92 Å². The van der Waals surface area contributed by atoms with Crippen molar-refractivity contribution >= 4 is 28.5 Å². The minimum Gasteiger partial charge on any atom is -0.342 e. The normalized spacial score (nSPS) is 18.2. The molecular weight excluding hydrogens is 250 g/mol. The van der Waals surface area contributed by atoms with Crippen molar-refractivity contribution in [3.8, 4) is 0 Å². The molecule has 0 unspecified atom stereocenters. The van der Waals surface area contributed by atoms with Gasteiger partial charge in [0.05, 0.1) is 18.6 Å². The molecule has 0 N–H and O–H groups in total. The second-order valence-electron chi connectivity index (χ2n) is 3.90. The van der Waals surface area contributed by atoms with Crippen LogP contribution in [0.25, 0.3) is 11.0 Å². The van der Waals surface area contributed by atoms with Crippen LogP contribution in [-0.4, -0.2) is 34.0 Å². The van der Waals surface area contributed by atoms with Crippen molar-refractivity contribution in [3.63, 3.8) is 0 Å². The molecule has 1 aliphatic rings. The fourth-order valence-corrected chi connectivity index (χ4v) is 1.99. The van der Waals surface area contributed by atoms with Gasteiger partial charge >= 0.3 is 0 Å². The summed E-state index contributed by atoms with van der Waals surface area (Å²) in [5.41, 5.74) is 1.05. The fraction of sp³-hybridized carbons (Fsp3) is 0.300. The number of alkyl halides is 2. The van der Waals surface area contributed by atoms with Crippen LogP contribution < -0.4 is 4.90 Å². The molecule has 3 rings (SSSR count). The molecule has 17 heavy (non-hydrogen) atoms. The fourth-order valence-electron chi connectivity index (χ4n) is 1.81. The minimum atomic E-state index is -2.65. The van der Waals surface area contributed by atoms with Gasteiger partial charge in [0, 0.05) is 18.5 Å². The summed E-state index contributed by atoms with van der Waals surface area (Å²) >= 11 is 5.83. The number of hydrogen-bond acceptors (Lipinski definition) is 4. The Morgan fingerprint density at radius 1 is 1.24 bits per heavy atom. The van der Waals surface area contributed by atoms with Crippen LogP contribution in [0.4, 0.5) is 14.6 Å². The van der Waals surface area contributed by atoms with Gasteiger partial charge in [-0.15, -0.1) is 0 Å². The number of fused-ring (bicyclic) bond motifs is 1. The molecule has 0 radical (unpaired) electrons. The zero-order valence-corrected chi connectivity index (χ0v) is 9.32. The first kappa shape index (κ1) is 10.6. The summed E-state index contributed by atoms with van der Waals surface area (Å²) in [6.45, 7) is -0.710. The molecule has 0 bridgehead atoms. The average molecular weight is 257 g/mol. The average Bonchev–Trinajstić information content (AvgIpc) is 2.24. The van der Waals surface area contributed by atoms with E-state index in [4.69, 9.17) is 11.6 Å². The van der Waals surface area contributed by atoms with Crippen molar-refractivity contribution in [2.24, 2.45) is 0 Å². The number of pyridine rings is 1. The van der Waals surface area contributed by atoms with Crippen molar-refractivity contribution in [2.75, 3.05) is 18.0 Å². The first-order chi connectivity index (χ1) is 8.05. The zero-order valence-electron chi connectivity index (χ0n) is 8.57. The smallest absolute Gasteiger partial charge is 0.282 e. The Kier molecular flexibility index (Phi) is 2.16. The molecule has 0 aromatic carbocycles. The predicted octanol–water partition coefficient (Wildman–Crippen LogP) is 2.13. The van der Waals surface area contributed by atoms with E-state index in [-0.39, 0.29) is 18.2 Å². The predicted molar refractivity (Wildman–Crippen MR) is 59.5 cm³/mol. The second-order valence-corrected chi connectivity index (χ2v) is 4.29. The summed E-state index contributed by atoms with van der Waals surface area (Å²) in [7, 11) is 0. The first-order valence-electron chi connectivity index (χ1n) is 4.95. The van der Waals surface area contributed by atoms with E-state index in [1.807, 2.05) is 0 Å². The molecule has 1 fully saturated rings. The van der Waals surface area contributed by atoms with Gasteiger partial charge < -0.3 is 4.90 Å². The Hall–Kier alpha value is -1.56. The molecular formula is C10H7ClF2N4. The highest BCUT2D eigenvalue weighted by Crippen LogP contribution is 2.34. The van der Waals surface area contributed by atoms with E-state index in [1.54, 1.807) is 6.07 Å². The van der Waals surface area contributed by atoms with Crippen molar-refractivity contribution in [2.45, 2.75) is 5.92 Å². The molecule has 88 valence electrons. The Labute approximate surface area is 100 Å². The molecule has 0 aliphatic carbocycles. The van der Waals surface area contributed by atoms with Gasteiger partial charge in [0.2, 0.25) is 0 Å². The van der Waals surface area contributed by atoms with Gasteiger partial charge in [-0.1, -0.05) is 11.6 Å². The Morgan fingerprint density at radius 3 is 2.65 bits per heavy atom. The van der Waals surface area contributed by atoms with Crippen molar-refractivity contribution < 1.29 is 8.78 Å². The molecule has 7 heteroatoms. The van der Waals surface area contributed by atoms with E-state index in [1.165, 1.54) is 17.3 Å². The van der Waals surface area contributed by atoms with E-state index in [9.17, 15) is 8.78 Å². The summed E-state index contributed by atoms with van der Waals surface area (Å²) in [6.07, 6.45) is 3.02. The van der Waals surface area contributed by atoms with Gasteiger partial charge in [0.1, 0.15) is 10.7 Å². The number of nitrogens with zero attached hydrogens (tertiary/aromatic N) is 4. The van der Waals surface area contributed by atoms with Crippen LogP contribution in [0.1, 0.15) is 0 Å². The van der Waals surface area contributed by atoms with E-state index in [0.717, 1.165) is 0 Å². The minimum absolute atomic E-state index is 0.225. The molecule has 4 nitrogen and oxygen atoms in total. The van der Waals surface area contributed by atoms with Crippen molar-refractivity contribution in [1.82, 2.24) is 15.0 Å². The van der Waals surface area contributed by atoms with Crippen LogP contribution >= 0.6 is 11.6 Å². The van der Waals surface area contributed by atoms with Gasteiger partial charge in [-0.2, -0.15) is 0 Å². The lowest BCUT2D eigenvalue weighted by molar-refractivity contribution is -0.0265. The highest BCUT2D eigenvalue weighted by molar-refractivity contribution is 6.30. The third-order valence-electron chi connectivity index (χ3n) is 2.55. The van der Waals surface area contributed by atoms with Crippen LogP contribution in [-0.2, 0) is 0 Å². The maximum Gasteiger partial charge on any atom is 0.282 e. The lowest BCUT2D eigenvalue weighted by Gasteiger charge is -2.39. The molecule has 0 atom stereocenters. The molecule has 0 spiro atoms. The highest BCUT2D eigenvalue weighted by Gasteiger charge is 2.45. The maximum atomic E-state index is 12.8. The molecule has 1 aliphatic heterocycles. The number of halogens is 3. The largest absolute Gasteiger partial charge is 0.342 e. The topological polar surface area (TPSA) is 41.9 Å². The lowest BCUT2D eigenvalue weighted by atomic mass is 10.1. The monoisotopic (exact) mass is 256 g/mol. The number of anilines is 1. The Bertz CT molecular complexity index is 582. The highest BCUT2D eigenvalue weighted by atomic mass is 35.5. The number of rotatable bonds is 1. The van der Waals surface area contributed by atoms with Gasteiger partial charge in [0.25, 0.3) is 5.92 Å². The van der Waals surface area contributed by atoms with Gasteiger partial charge in [-0.05, 0) is 0 Å². The lowest BCUT2D eigenvalue weighted by Crippen LogP contribution is -2.56. The molecule has 1 saturated heterocycles. The van der Waals surface area contributed by atoms with Crippen LogP contribution in [0.15, 0.2) is 18.5 Å². The molecule has 2 aromatic rings. The van der Waals surface area contributed by atoms with E-state index >= 15 is 0 Å². The maximum absolute atomic E-state index is 12.8. The zero-order chi connectivity index (χ0) is 12.0. The summed E-state index contributed by atoms with van der Waals surface area (Å²) < 4.78 is 25.7. The summed E-state index contributed by atoms with van der Waals surface area (Å²) in [5, 5.41) is 0.225. The number of hydrogen-bond donors (Lipinski definition) is 0. The summed E-state index contributed by atoms with van der Waals surface area (Å²) in [4.78, 5) is 13.7. The van der Waals surface area contributed by atoms with Gasteiger partial charge in [-0.25, -0.2) is 18.7 Å². The third-order valence-corrected chi connectivity index (χ3v) is 2.74. The Balaban J connectivity index is 2.10. The van der Waals surface area contributed by atoms with Crippen molar-refractivity contribution in [1.29, 1.82) is 0 Å². The van der Waals surface area contributed by atoms with Crippen molar-refractivity contribution in [3.05, 3.63) is 23.6 Å². The second kappa shape index (κ2) is 3.46.